The molecule has 1 fully saturated rings. The Labute approximate surface area is 114 Å². The van der Waals surface area contributed by atoms with Gasteiger partial charge < -0.3 is 15.3 Å². The van der Waals surface area contributed by atoms with Gasteiger partial charge in [0.25, 0.3) is 0 Å². The van der Waals surface area contributed by atoms with Crippen molar-refractivity contribution in [2.75, 3.05) is 6.54 Å². The maximum absolute atomic E-state index is 12.1. The zero-order valence-electron chi connectivity index (χ0n) is 11.4. The first-order valence-corrected chi connectivity index (χ1v) is 6.79. The molecule has 5 heteroatoms. The standard InChI is InChI=1S/C14H22N2O3/c1-3-8-11(2)15-14(19)16-10-7-5-4-6-9-12(16)13(17)18/h1,11-12H,4-10H2,2H3,(H,15,19)(H,17,18). The van der Waals surface area contributed by atoms with Crippen molar-refractivity contribution in [1.82, 2.24) is 10.2 Å². The number of carboxylic acids is 1. The maximum Gasteiger partial charge on any atom is 0.326 e. The number of likely N-dealkylation sites (tertiary alicyclic amines) is 1. The molecule has 0 aromatic carbocycles. The molecule has 0 radical (unpaired) electrons. The summed E-state index contributed by atoms with van der Waals surface area (Å²) in [5, 5.41) is 12.0. The topological polar surface area (TPSA) is 69.6 Å². The lowest BCUT2D eigenvalue weighted by atomic mass is 10.0. The van der Waals surface area contributed by atoms with Gasteiger partial charge in [-0.05, 0) is 19.8 Å². The number of urea groups is 1. The van der Waals surface area contributed by atoms with Crippen LogP contribution in [0.15, 0.2) is 0 Å². The van der Waals surface area contributed by atoms with Gasteiger partial charge in [-0.25, -0.2) is 9.59 Å². The Kier molecular flexibility index (Phi) is 6.20. The fourth-order valence-electron chi connectivity index (χ4n) is 2.31. The maximum atomic E-state index is 12.1. The molecule has 19 heavy (non-hydrogen) atoms. The van der Waals surface area contributed by atoms with Gasteiger partial charge >= 0.3 is 12.0 Å². The van der Waals surface area contributed by atoms with Gasteiger partial charge in [0.2, 0.25) is 0 Å². The molecule has 2 unspecified atom stereocenters. The Balaban J connectivity index is 2.69. The first kappa shape index (κ1) is 15.4. The normalized spacial score (nSPS) is 21.7. The van der Waals surface area contributed by atoms with Crippen LogP contribution in [0, 0.1) is 12.3 Å². The van der Waals surface area contributed by atoms with E-state index in [1.807, 2.05) is 6.92 Å². The number of amides is 2. The van der Waals surface area contributed by atoms with E-state index in [0.29, 0.717) is 19.4 Å². The molecule has 1 aliphatic heterocycles. The van der Waals surface area contributed by atoms with Crippen molar-refractivity contribution in [2.45, 2.75) is 57.5 Å². The summed E-state index contributed by atoms with van der Waals surface area (Å²) in [6.45, 7) is 2.31. The van der Waals surface area contributed by atoms with Crippen LogP contribution in [0.2, 0.25) is 0 Å². The molecule has 0 aromatic rings. The van der Waals surface area contributed by atoms with E-state index in [1.165, 1.54) is 4.90 Å². The number of aliphatic carboxylic acids is 1. The number of nitrogens with zero attached hydrogens (tertiary/aromatic N) is 1. The molecule has 1 saturated heterocycles. The average molecular weight is 266 g/mol. The van der Waals surface area contributed by atoms with E-state index in [0.717, 1.165) is 25.7 Å². The fourth-order valence-corrected chi connectivity index (χ4v) is 2.31. The number of hydrogen-bond acceptors (Lipinski definition) is 2. The Morgan fingerprint density at radius 3 is 2.74 bits per heavy atom. The average Bonchev–Trinajstić information content (AvgIpc) is 2.27. The summed E-state index contributed by atoms with van der Waals surface area (Å²) >= 11 is 0. The predicted octanol–water partition coefficient (Wildman–Crippen LogP) is 1.83. The second-order valence-corrected chi connectivity index (χ2v) is 5.01. The third-order valence-corrected chi connectivity index (χ3v) is 3.34. The largest absolute Gasteiger partial charge is 0.480 e. The van der Waals surface area contributed by atoms with Crippen molar-refractivity contribution < 1.29 is 14.7 Å². The third-order valence-electron chi connectivity index (χ3n) is 3.34. The Bertz CT molecular complexity index is 362. The van der Waals surface area contributed by atoms with Crippen LogP contribution in [0.25, 0.3) is 0 Å². The molecule has 0 spiro atoms. The number of carbonyl (C=O) groups excluding carboxylic acids is 1. The molecule has 2 atom stereocenters. The van der Waals surface area contributed by atoms with Crippen molar-refractivity contribution in [2.24, 2.45) is 0 Å². The zero-order chi connectivity index (χ0) is 14.3. The quantitative estimate of drug-likeness (QED) is 0.766. The van der Waals surface area contributed by atoms with E-state index in [4.69, 9.17) is 6.42 Å². The van der Waals surface area contributed by atoms with Gasteiger partial charge in [0.05, 0.1) is 0 Å². The lowest BCUT2D eigenvalue weighted by Crippen LogP contribution is -2.52. The van der Waals surface area contributed by atoms with Crippen LogP contribution in [0.3, 0.4) is 0 Å². The number of terminal acetylenes is 1. The van der Waals surface area contributed by atoms with Crippen molar-refractivity contribution in [1.29, 1.82) is 0 Å². The van der Waals surface area contributed by atoms with Crippen molar-refractivity contribution in [3.05, 3.63) is 0 Å². The van der Waals surface area contributed by atoms with Gasteiger partial charge in [-0.1, -0.05) is 19.3 Å². The number of hydrogen-bond donors (Lipinski definition) is 2. The molecule has 5 nitrogen and oxygen atoms in total. The predicted molar refractivity (Wildman–Crippen MR) is 72.7 cm³/mol. The summed E-state index contributed by atoms with van der Waals surface area (Å²) in [4.78, 5) is 24.9. The SMILES string of the molecule is C#CCC(C)NC(=O)N1CCCCCCC1C(=O)O. The molecule has 0 aromatic heterocycles. The minimum atomic E-state index is -0.929. The Hall–Kier alpha value is -1.70. The third kappa shape index (κ3) is 4.82. The molecule has 0 bridgehead atoms. The van der Waals surface area contributed by atoms with Crippen molar-refractivity contribution in [3.63, 3.8) is 0 Å². The van der Waals surface area contributed by atoms with Gasteiger partial charge in [0.15, 0.2) is 0 Å². The summed E-state index contributed by atoms with van der Waals surface area (Å²) < 4.78 is 0. The monoisotopic (exact) mass is 266 g/mol. The molecular weight excluding hydrogens is 244 g/mol. The molecule has 2 N–H and O–H groups in total. The minimum Gasteiger partial charge on any atom is -0.480 e. The summed E-state index contributed by atoms with van der Waals surface area (Å²) in [5.74, 6) is 1.55. The van der Waals surface area contributed by atoms with E-state index in [1.54, 1.807) is 0 Å². The molecule has 1 aliphatic rings. The van der Waals surface area contributed by atoms with Gasteiger partial charge in [-0.15, -0.1) is 12.3 Å². The van der Waals surface area contributed by atoms with Gasteiger partial charge in [-0.3, -0.25) is 0 Å². The molecule has 1 rings (SSSR count). The van der Waals surface area contributed by atoms with Gasteiger partial charge in [-0.2, -0.15) is 0 Å². The smallest absolute Gasteiger partial charge is 0.326 e. The van der Waals surface area contributed by atoms with E-state index in [9.17, 15) is 14.7 Å². The lowest BCUT2D eigenvalue weighted by Gasteiger charge is -2.31. The lowest BCUT2D eigenvalue weighted by molar-refractivity contribution is -0.142. The van der Waals surface area contributed by atoms with Crippen LogP contribution in [0.1, 0.15) is 45.4 Å². The van der Waals surface area contributed by atoms with Crippen LogP contribution in [0.5, 0.6) is 0 Å². The molecule has 1 heterocycles. The fraction of sp³-hybridized carbons (Fsp3) is 0.714. The van der Waals surface area contributed by atoms with Crippen LogP contribution in [-0.2, 0) is 4.79 Å². The summed E-state index contributed by atoms with van der Waals surface area (Å²) in [6.07, 6.45) is 9.93. The van der Waals surface area contributed by atoms with Gasteiger partial charge in [0, 0.05) is 19.0 Å². The molecule has 0 aliphatic carbocycles. The molecular formula is C14H22N2O3. The summed E-state index contributed by atoms with van der Waals surface area (Å²) in [7, 11) is 0. The summed E-state index contributed by atoms with van der Waals surface area (Å²) in [6, 6.07) is -1.19. The highest BCUT2D eigenvalue weighted by molar-refractivity contribution is 5.82. The summed E-state index contributed by atoms with van der Waals surface area (Å²) in [5.41, 5.74) is 0. The van der Waals surface area contributed by atoms with E-state index in [-0.39, 0.29) is 12.1 Å². The highest BCUT2D eigenvalue weighted by atomic mass is 16.4. The zero-order valence-corrected chi connectivity index (χ0v) is 11.4. The second kappa shape index (κ2) is 7.67. The van der Waals surface area contributed by atoms with E-state index >= 15 is 0 Å². The van der Waals surface area contributed by atoms with E-state index < -0.39 is 12.0 Å². The Morgan fingerprint density at radius 1 is 1.42 bits per heavy atom. The molecule has 2 amide bonds. The first-order chi connectivity index (χ1) is 9.06. The Morgan fingerprint density at radius 2 is 2.11 bits per heavy atom. The van der Waals surface area contributed by atoms with Crippen LogP contribution >= 0.6 is 0 Å². The van der Waals surface area contributed by atoms with Crippen LogP contribution in [0.4, 0.5) is 4.79 Å². The van der Waals surface area contributed by atoms with Crippen molar-refractivity contribution in [3.8, 4) is 12.3 Å². The first-order valence-electron chi connectivity index (χ1n) is 6.79. The van der Waals surface area contributed by atoms with Crippen molar-refractivity contribution >= 4 is 12.0 Å². The minimum absolute atomic E-state index is 0.141. The number of carboxylic acid groups (broad SMARTS) is 1. The van der Waals surface area contributed by atoms with Crippen LogP contribution < -0.4 is 5.32 Å². The number of rotatable bonds is 3. The number of carbonyl (C=O) groups is 2. The molecule has 106 valence electrons. The van der Waals surface area contributed by atoms with Crippen LogP contribution in [-0.4, -0.2) is 40.6 Å². The number of nitrogens with one attached hydrogen (secondary N) is 1. The second-order valence-electron chi connectivity index (χ2n) is 5.01. The molecule has 0 saturated carbocycles. The highest BCUT2D eigenvalue weighted by Crippen LogP contribution is 2.17. The highest BCUT2D eigenvalue weighted by Gasteiger charge is 2.30. The van der Waals surface area contributed by atoms with E-state index in [2.05, 4.69) is 11.2 Å². The van der Waals surface area contributed by atoms with Gasteiger partial charge in [0.1, 0.15) is 6.04 Å².